The van der Waals surface area contributed by atoms with Gasteiger partial charge in [-0.3, -0.25) is 4.79 Å². The van der Waals surface area contributed by atoms with Crippen molar-refractivity contribution >= 4 is 15.8 Å². The number of aliphatic carboxylic acids is 1. The molecule has 1 aliphatic heterocycles. The molecule has 1 heterocycles. The number of carboxylic acids is 1. The second kappa shape index (κ2) is 12.2. The fourth-order valence-corrected chi connectivity index (χ4v) is 15.4. The zero-order valence-electron chi connectivity index (χ0n) is 31.1. The Morgan fingerprint density at radius 3 is 2.29 bits per heavy atom. The third kappa shape index (κ3) is 5.44. The van der Waals surface area contributed by atoms with Crippen molar-refractivity contribution in [3.63, 3.8) is 0 Å². The van der Waals surface area contributed by atoms with Crippen molar-refractivity contribution in [1.82, 2.24) is 10.2 Å². The molecule has 6 unspecified atom stereocenters. The molecular weight excluding hydrogens is 617 g/mol. The topological polar surface area (TPSA) is 86.7 Å². The fourth-order valence-electron chi connectivity index (χ4n) is 14.4. The molecule has 0 aromatic rings. The van der Waals surface area contributed by atoms with Gasteiger partial charge in [0.1, 0.15) is 9.84 Å². The zero-order valence-corrected chi connectivity index (χ0v) is 31.9. The summed E-state index contributed by atoms with van der Waals surface area (Å²) in [4.78, 5) is 14.1. The predicted molar refractivity (Wildman–Crippen MR) is 194 cm³/mol. The highest BCUT2D eigenvalue weighted by molar-refractivity contribution is 7.91. The molecule has 7 aliphatic rings. The number of carboxylic acid groups (broad SMARTS) is 1. The van der Waals surface area contributed by atoms with E-state index in [9.17, 15) is 18.3 Å². The van der Waals surface area contributed by atoms with Gasteiger partial charge >= 0.3 is 5.97 Å². The molecule has 270 valence electrons. The van der Waals surface area contributed by atoms with Crippen molar-refractivity contribution in [2.75, 3.05) is 32.4 Å². The van der Waals surface area contributed by atoms with Gasteiger partial charge in [0.05, 0.1) is 11.2 Å². The van der Waals surface area contributed by atoms with Gasteiger partial charge in [0.2, 0.25) is 0 Å². The van der Waals surface area contributed by atoms with Gasteiger partial charge in [-0.05, 0) is 159 Å². The molecule has 0 bridgehead atoms. The number of rotatable bonds is 7. The molecule has 6 nitrogen and oxygen atoms in total. The Morgan fingerprint density at radius 1 is 0.875 bits per heavy atom. The third-order valence-electron chi connectivity index (χ3n) is 17.1. The number of piperidine rings is 1. The maximum absolute atomic E-state index is 12.1. The maximum Gasteiger partial charge on any atom is 0.306 e. The number of nitrogens with zero attached hydrogens (tertiary/aromatic N) is 1. The Balaban J connectivity index is 1.06. The van der Waals surface area contributed by atoms with Crippen LogP contribution in [0.15, 0.2) is 23.3 Å². The van der Waals surface area contributed by atoms with E-state index in [0.717, 1.165) is 69.6 Å². The van der Waals surface area contributed by atoms with Crippen LogP contribution in [0.4, 0.5) is 0 Å². The molecule has 4 saturated carbocycles. The predicted octanol–water partition coefficient (Wildman–Crippen LogP) is 8.04. The Hall–Kier alpha value is -1.18. The van der Waals surface area contributed by atoms with E-state index in [2.05, 4.69) is 57.0 Å². The number of hydrogen-bond acceptors (Lipinski definition) is 5. The van der Waals surface area contributed by atoms with Gasteiger partial charge < -0.3 is 15.3 Å². The van der Waals surface area contributed by atoms with Crippen molar-refractivity contribution in [2.24, 2.45) is 51.2 Å². The molecule has 0 aromatic heterocycles. The molecule has 7 rings (SSSR count). The summed E-state index contributed by atoms with van der Waals surface area (Å²) in [6.45, 7) is 17.1. The molecule has 0 aromatic carbocycles. The van der Waals surface area contributed by atoms with Crippen molar-refractivity contribution < 1.29 is 18.3 Å². The minimum Gasteiger partial charge on any atom is -0.481 e. The number of likely N-dealkylation sites (tertiary alicyclic amines) is 1. The van der Waals surface area contributed by atoms with Crippen molar-refractivity contribution in [3.05, 3.63) is 23.3 Å². The highest BCUT2D eigenvalue weighted by atomic mass is 32.2. The van der Waals surface area contributed by atoms with Crippen LogP contribution in [0, 0.1) is 51.2 Å². The van der Waals surface area contributed by atoms with Gasteiger partial charge in [0.25, 0.3) is 0 Å². The number of nitrogens with one attached hydrogen (secondary N) is 1. The molecule has 0 amide bonds. The lowest BCUT2D eigenvalue weighted by Gasteiger charge is -2.72. The second-order valence-corrected chi connectivity index (χ2v) is 21.5. The Bertz CT molecular complexity index is 1440. The number of carbonyl (C=O) groups is 1. The van der Waals surface area contributed by atoms with Crippen LogP contribution in [0.1, 0.15) is 131 Å². The van der Waals surface area contributed by atoms with E-state index < -0.39 is 15.8 Å². The third-order valence-corrected chi connectivity index (χ3v) is 18.8. The number of fused-ring (bicyclic) bond motifs is 7. The number of sulfone groups is 1. The summed E-state index contributed by atoms with van der Waals surface area (Å²) in [7, 11) is -2.92. The summed E-state index contributed by atoms with van der Waals surface area (Å²) in [5.74, 6) is 2.13. The molecule has 7 heteroatoms. The SMILES string of the molecule is CC1(C)C(C2=CC[C@@H](C(=O)O)CC2)=CCC2(C)C1CCC1(C)C2CCC2[C@H]3CCCC3(NCCN3CCC(S(C)(=O)=O)CC3)CC[C@]21C. The van der Waals surface area contributed by atoms with Crippen molar-refractivity contribution in [1.29, 1.82) is 0 Å². The van der Waals surface area contributed by atoms with Crippen LogP contribution in [0.2, 0.25) is 0 Å². The van der Waals surface area contributed by atoms with Crippen LogP contribution in [0.3, 0.4) is 0 Å². The van der Waals surface area contributed by atoms with E-state index in [0.29, 0.717) is 28.6 Å². The molecule has 6 aliphatic carbocycles. The summed E-state index contributed by atoms with van der Waals surface area (Å²) >= 11 is 0. The summed E-state index contributed by atoms with van der Waals surface area (Å²) in [5.41, 5.74) is 4.43. The first-order valence-electron chi connectivity index (χ1n) is 19.8. The molecule has 5 fully saturated rings. The van der Waals surface area contributed by atoms with Gasteiger partial charge in [-0.1, -0.05) is 53.2 Å². The summed E-state index contributed by atoms with van der Waals surface area (Å²) in [6.07, 6.45) is 23.5. The summed E-state index contributed by atoms with van der Waals surface area (Å²) in [6, 6.07) is 0. The molecule has 0 radical (unpaired) electrons. The van der Waals surface area contributed by atoms with Crippen molar-refractivity contribution in [2.45, 2.75) is 142 Å². The average Bonchev–Trinajstić information content (AvgIpc) is 3.45. The van der Waals surface area contributed by atoms with Crippen molar-refractivity contribution in [3.8, 4) is 0 Å². The van der Waals surface area contributed by atoms with Crippen LogP contribution >= 0.6 is 0 Å². The molecule has 0 spiro atoms. The molecule has 9 atom stereocenters. The first kappa shape index (κ1) is 35.2. The summed E-state index contributed by atoms with van der Waals surface area (Å²) in [5, 5.41) is 13.7. The number of hydrogen-bond donors (Lipinski definition) is 2. The van der Waals surface area contributed by atoms with Gasteiger partial charge in [-0.2, -0.15) is 0 Å². The largest absolute Gasteiger partial charge is 0.481 e. The average molecular weight is 683 g/mol. The Kier molecular flexibility index (Phi) is 8.96. The highest BCUT2D eigenvalue weighted by Gasteiger charge is 2.69. The van der Waals surface area contributed by atoms with Crippen LogP contribution < -0.4 is 5.32 Å². The molecule has 48 heavy (non-hydrogen) atoms. The van der Waals surface area contributed by atoms with Crippen LogP contribution in [0.5, 0.6) is 0 Å². The van der Waals surface area contributed by atoms with E-state index in [-0.39, 0.29) is 22.1 Å². The quantitative estimate of drug-likeness (QED) is 0.283. The lowest BCUT2D eigenvalue weighted by atomic mass is 9.33. The molecular formula is C41H66N2O4S. The van der Waals surface area contributed by atoms with Gasteiger partial charge in [-0.15, -0.1) is 0 Å². The fraction of sp³-hybridized carbons (Fsp3) is 0.878. The first-order valence-corrected chi connectivity index (χ1v) is 21.8. The second-order valence-electron chi connectivity index (χ2n) is 19.2. The van der Waals surface area contributed by atoms with Crippen LogP contribution in [-0.2, 0) is 14.6 Å². The standard InChI is InChI=1S/C41H66N2O4S/c1-37(2)31(28-9-11-29(12-10-28)36(44)45)15-20-38(3)34(37)16-21-40(5)35(38)14-13-32-33-8-7-19-41(33,23-22-39(32,40)4)42-24-27-43-25-17-30(18-26-43)48(6,46)47/h9,15,29-30,32-35,42H,7-8,10-14,16-27H2,1-6H3,(H,44,45)/t29-,32?,33-,34?,35?,38?,39-,40?,41?/m1/s1. The zero-order chi connectivity index (χ0) is 34.3. The lowest BCUT2D eigenvalue weighted by Crippen LogP contribution is -2.67. The molecule has 1 saturated heterocycles. The lowest BCUT2D eigenvalue weighted by molar-refractivity contribution is -0.218. The van der Waals surface area contributed by atoms with E-state index in [1.165, 1.54) is 81.6 Å². The normalized spacial score (nSPS) is 44.8. The summed E-state index contributed by atoms with van der Waals surface area (Å²) < 4.78 is 24.1. The minimum absolute atomic E-state index is 0.116. The van der Waals surface area contributed by atoms with Crippen LogP contribution in [0.25, 0.3) is 0 Å². The first-order chi connectivity index (χ1) is 22.6. The van der Waals surface area contributed by atoms with Gasteiger partial charge in [0.15, 0.2) is 0 Å². The minimum atomic E-state index is -2.92. The number of allylic oxidation sites excluding steroid dienone is 4. The molecule has 2 N–H and O–H groups in total. The van der Waals surface area contributed by atoms with Gasteiger partial charge in [-0.25, -0.2) is 8.42 Å². The van der Waals surface area contributed by atoms with E-state index in [1.54, 1.807) is 0 Å². The van der Waals surface area contributed by atoms with Crippen LogP contribution in [-0.4, -0.2) is 67.6 Å². The Labute approximate surface area is 292 Å². The van der Waals surface area contributed by atoms with E-state index in [1.807, 2.05) is 0 Å². The van der Waals surface area contributed by atoms with Gasteiger partial charge in [0, 0.05) is 24.9 Å². The van der Waals surface area contributed by atoms with E-state index >= 15 is 0 Å². The Morgan fingerprint density at radius 2 is 1.62 bits per heavy atom. The van der Waals surface area contributed by atoms with E-state index in [4.69, 9.17) is 0 Å². The highest BCUT2D eigenvalue weighted by Crippen LogP contribution is 2.76. The smallest absolute Gasteiger partial charge is 0.306 e. The maximum atomic E-state index is 12.1. The monoisotopic (exact) mass is 682 g/mol.